The van der Waals surface area contributed by atoms with Crippen LogP contribution in [0.2, 0.25) is 0 Å². The van der Waals surface area contributed by atoms with Crippen LogP contribution < -0.4 is 4.74 Å². The topological polar surface area (TPSA) is 88.6 Å². The minimum absolute atomic E-state index is 0.0268. The monoisotopic (exact) mass is 353 g/mol. The van der Waals surface area contributed by atoms with Gasteiger partial charge >= 0.3 is 5.97 Å². The van der Waals surface area contributed by atoms with Crippen molar-refractivity contribution in [1.82, 2.24) is 4.98 Å². The number of methoxy groups -OCH3 is 1. The van der Waals surface area contributed by atoms with Gasteiger partial charge in [0.05, 0.1) is 7.11 Å². The first-order chi connectivity index (χ1) is 12.4. The number of carbonyl (C=O) groups excluding carboxylic acids is 2. The average Bonchev–Trinajstić information content (AvgIpc) is 2.96. The number of H-pyrrole nitrogens is 1. The number of para-hydroxylation sites is 1. The third-order valence-corrected chi connectivity index (χ3v) is 4.22. The SMILES string of the molecule is COc1ccc(C(=O)O[C@@H](C)C(=O)c2c(C)[nH]c3ccccc23)c(O)c1. The highest BCUT2D eigenvalue weighted by Gasteiger charge is 2.25. The van der Waals surface area contributed by atoms with Crippen molar-refractivity contribution in [2.24, 2.45) is 0 Å². The molecule has 0 radical (unpaired) electrons. The number of hydrogen-bond donors (Lipinski definition) is 2. The van der Waals surface area contributed by atoms with Crippen LogP contribution in [-0.2, 0) is 4.74 Å². The van der Waals surface area contributed by atoms with Crippen LogP contribution in [0.1, 0.15) is 33.3 Å². The maximum absolute atomic E-state index is 12.8. The van der Waals surface area contributed by atoms with Crippen LogP contribution in [0.3, 0.4) is 0 Å². The van der Waals surface area contributed by atoms with Crippen LogP contribution in [0.15, 0.2) is 42.5 Å². The number of phenols is 1. The molecule has 1 heterocycles. The summed E-state index contributed by atoms with van der Waals surface area (Å²) >= 11 is 0. The van der Waals surface area contributed by atoms with Crippen LogP contribution in [0.25, 0.3) is 10.9 Å². The molecule has 3 aromatic rings. The zero-order valence-corrected chi connectivity index (χ0v) is 14.7. The van der Waals surface area contributed by atoms with E-state index in [4.69, 9.17) is 9.47 Å². The lowest BCUT2D eigenvalue weighted by molar-refractivity contribution is 0.0316. The predicted molar refractivity (Wildman–Crippen MR) is 96.9 cm³/mol. The summed E-state index contributed by atoms with van der Waals surface area (Å²) in [7, 11) is 1.46. The van der Waals surface area contributed by atoms with Crippen molar-refractivity contribution >= 4 is 22.7 Å². The van der Waals surface area contributed by atoms with Gasteiger partial charge in [-0.3, -0.25) is 4.79 Å². The van der Waals surface area contributed by atoms with Gasteiger partial charge in [-0.1, -0.05) is 18.2 Å². The van der Waals surface area contributed by atoms with Gasteiger partial charge in [0.1, 0.15) is 17.1 Å². The van der Waals surface area contributed by atoms with Crippen molar-refractivity contribution < 1.29 is 24.2 Å². The fourth-order valence-electron chi connectivity index (χ4n) is 2.89. The van der Waals surface area contributed by atoms with E-state index < -0.39 is 12.1 Å². The molecule has 134 valence electrons. The van der Waals surface area contributed by atoms with Gasteiger partial charge in [0, 0.05) is 28.2 Å². The molecule has 6 heteroatoms. The van der Waals surface area contributed by atoms with Gasteiger partial charge < -0.3 is 19.6 Å². The van der Waals surface area contributed by atoms with Crippen LogP contribution in [0, 0.1) is 6.92 Å². The minimum atomic E-state index is -0.998. The summed E-state index contributed by atoms with van der Waals surface area (Å²) in [4.78, 5) is 28.3. The van der Waals surface area contributed by atoms with E-state index >= 15 is 0 Å². The van der Waals surface area contributed by atoms with E-state index in [0.717, 1.165) is 10.9 Å². The van der Waals surface area contributed by atoms with Gasteiger partial charge in [0.15, 0.2) is 6.10 Å². The Morgan fingerprint density at radius 2 is 1.88 bits per heavy atom. The molecule has 2 aromatic carbocycles. The molecule has 0 aliphatic carbocycles. The fraction of sp³-hybridized carbons (Fsp3) is 0.200. The van der Waals surface area contributed by atoms with E-state index in [0.29, 0.717) is 17.0 Å². The maximum atomic E-state index is 12.8. The fourth-order valence-corrected chi connectivity index (χ4v) is 2.89. The second-order valence-electron chi connectivity index (χ2n) is 5.97. The summed E-state index contributed by atoms with van der Waals surface area (Å²) in [6, 6.07) is 11.7. The molecule has 2 N–H and O–H groups in total. The molecule has 0 fully saturated rings. The lowest BCUT2D eigenvalue weighted by atomic mass is 10.0. The lowest BCUT2D eigenvalue weighted by Crippen LogP contribution is -2.25. The molecule has 0 aliphatic rings. The van der Waals surface area contributed by atoms with Gasteiger partial charge in [-0.15, -0.1) is 0 Å². The first kappa shape index (κ1) is 17.5. The Hall–Kier alpha value is -3.28. The Kier molecular flexibility index (Phi) is 4.67. The molecule has 1 aromatic heterocycles. The molecule has 0 saturated heterocycles. The summed E-state index contributed by atoms with van der Waals surface area (Å²) in [5, 5.41) is 10.7. The Bertz CT molecular complexity index is 989. The number of aromatic nitrogens is 1. The number of rotatable bonds is 5. The largest absolute Gasteiger partial charge is 0.507 e. The highest BCUT2D eigenvalue weighted by atomic mass is 16.5. The molecule has 0 unspecified atom stereocenters. The molecule has 3 rings (SSSR count). The van der Waals surface area contributed by atoms with Crippen LogP contribution in [0.4, 0.5) is 0 Å². The van der Waals surface area contributed by atoms with E-state index in [9.17, 15) is 14.7 Å². The Labute approximate surface area is 150 Å². The van der Waals surface area contributed by atoms with Crippen molar-refractivity contribution in [1.29, 1.82) is 0 Å². The number of Topliss-reactive ketones (excluding diaryl/α,β-unsaturated/α-hetero) is 1. The summed E-state index contributed by atoms with van der Waals surface area (Å²) in [5.74, 6) is -0.931. The number of carbonyl (C=O) groups is 2. The first-order valence-corrected chi connectivity index (χ1v) is 8.12. The van der Waals surface area contributed by atoms with Crippen LogP contribution in [0.5, 0.6) is 11.5 Å². The van der Waals surface area contributed by atoms with Gasteiger partial charge in [-0.2, -0.15) is 0 Å². The highest BCUT2D eigenvalue weighted by Crippen LogP contribution is 2.26. The van der Waals surface area contributed by atoms with E-state index in [1.807, 2.05) is 24.3 Å². The van der Waals surface area contributed by atoms with E-state index in [1.165, 1.54) is 32.2 Å². The number of aromatic amines is 1. The molecule has 6 nitrogen and oxygen atoms in total. The molecule has 0 aliphatic heterocycles. The van der Waals surface area contributed by atoms with Crippen molar-refractivity contribution in [2.45, 2.75) is 20.0 Å². The van der Waals surface area contributed by atoms with Gasteiger partial charge in [-0.05, 0) is 32.0 Å². The van der Waals surface area contributed by atoms with Crippen molar-refractivity contribution in [3.05, 3.63) is 59.3 Å². The van der Waals surface area contributed by atoms with E-state index in [1.54, 1.807) is 6.92 Å². The smallest absolute Gasteiger partial charge is 0.342 e. The van der Waals surface area contributed by atoms with Gasteiger partial charge in [0.25, 0.3) is 0 Å². The number of benzene rings is 2. The summed E-state index contributed by atoms with van der Waals surface area (Å²) in [6.45, 7) is 3.32. The number of nitrogens with one attached hydrogen (secondary N) is 1. The second-order valence-corrected chi connectivity index (χ2v) is 5.97. The molecule has 0 bridgehead atoms. The number of fused-ring (bicyclic) bond motifs is 1. The first-order valence-electron chi connectivity index (χ1n) is 8.12. The molecular weight excluding hydrogens is 334 g/mol. The predicted octanol–water partition coefficient (Wildman–Crippen LogP) is 3.62. The number of ketones is 1. The second kappa shape index (κ2) is 6.92. The number of aryl methyl sites for hydroxylation is 1. The van der Waals surface area contributed by atoms with Crippen molar-refractivity contribution in [3.8, 4) is 11.5 Å². The highest BCUT2D eigenvalue weighted by molar-refractivity contribution is 6.11. The number of phenolic OH excluding ortho intramolecular Hbond substituents is 1. The maximum Gasteiger partial charge on any atom is 0.342 e. The lowest BCUT2D eigenvalue weighted by Gasteiger charge is -2.13. The number of aromatic hydroxyl groups is 1. The third-order valence-electron chi connectivity index (χ3n) is 4.22. The Balaban J connectivity index is 1.83. The van der Waals surface area contributed by atoms with Crippen molar-refractivity contribution in [3.63, 3.8) is 0 Å². The minimum Gasteiger partial charge on any atom is -0.507 e. The zero-order valence-electron chi connectivity index (χ0n) is 14.7. The number of hydrogen-bond acceptors (Lipinski definition) is 5. The van der Waals surface area contributed by atoms with E-state index in [-0.39, 0.29) is 17.1 Å². The molecule has 1 atom stereocenters. The molecule has 26 heavy (non-hydrogen) atoms. The number of esters is 1. The summed E-state index contributed by atoms with van der Waals surface area (Å²) in [5.41, 5.74) is 2.03. The molecule has 0 saturated carbocycles. The molecular formula is C20H19NO5. The Morgan fingerprint density at radius 1 is 1.15 bits per heavy atom. The number of ether oxygens (including phenoxy) is 2. The standard InChI is InChI=1S/C20H19NO5/c1-11-18(14-6-4-5-7-16(14)21-11)19(23)12(2)26-20(24)15-9-8-13(25-3)10-17(15)22/h4-10,12,21-22H,1-3H3/t12-/m0/s1. The van der Waals surface area contributed by atoms with Crippen molar-refractivity contribution in [2.75, 3.05) is 7.11 Å². The molecule has 0 amide bonds. The van der Waals surface area contributed by atoms with E-state index in [2.05, 4.69) is 4.98 Å². The third kappa shape index (κ3) is 3.13. The molecule has 0 spiro atoms. The summed E-state index contributed by atoms with van der Waals surface area (Å²) < 4.78 is 10.3. The quantitative estimate of drug-likeness (QED) is 0.540. The van der Waals surface area contributed by atoms with Gasteiger partial charge in [-0.25, -0.2) is 4.79 Å². The summed E-state index contributed by atoms with van der Waals surface area (Å²) in [6.07, 6.45) is -0.998. The zero-order chi connectivity index (χ0) is 18.8. The van der Waals surface area contributed by atoms with Crippen LogP contribution in [-0.4, -0.2) is 35.1 Å². The van der Waals surface area contributed by atoms with Crippen LogP contribution >= 0.6 is 0 Å². The Morgan fingerprint density at radius 3 is 2.58 bits per heavy atom. The normalized spacial score (nSPS) is 12.0. The van der Waals surface area contributed by atoms with Gasteiger partial charge in [0.2, 0.25) is 5.78 Å². The average molecular weight is 353 g/mol.